The number of fused-ring (bicyclic) bond motifs is 1. The van der Waals surface area contributed by atoms with E-state index in [-0.39, 0.29) is 18.7 Å². The van der Waals surface area contributed by atoms with Crippen LogP contribution >= 0.6 is 11.8 Å². The minimum absolute atomic E-state index is 0.217. The van der Waals surface area contributed by atoms with E-state index in [2.05, 4.69) is 15.5 Å². The Morgan fingerprint density at radius 1 is 1.03 bits per heavy atom. The van der Waals surface area contributed by atoms with Gasteiger partial charge in [-0.3, -0.25) is 4.79 Å². The number of hydrogen-bond donors (Lipinski definition) is 1. The maximum Gasteiger partial charge on any atom is 0.367 e. The molecule has 0 aliphatic heterocycles. The molecule has 10 heteroatoms. The molecule has 0 aliphatic rings. The third-order valence-corrected chi connectivity index (χ3v) is 5.58. The van der Waals surface area contributed by atoms with E-state index in [1.54, 1.807) is 43.3 Å². The van der Waals surface area contributed by atoms with E-state index in [1.165, 1.54) is 11.8 Å². The standard InChI is InChI=1S/C23H21N5O4S/c1-3-32-22(30)17-6-4-5-7-18(17)24-20(29)14-27-23(31)28-19(25-27)12-13-21(26-28)33-16-10-8-15(2)9-11-16/h4-13H,3,14H2,1-2H3,(H,24,29). The third-order valence-electron chi connectivity index (χ3n) is 4.65. The Labute approximate surface area is 193 Å². The number of esters is 1. The van der Waals surface area contributed by atoms with E-state index in [1.807, 2.05) is 31.2 Å². The molecule has 0 radical (unpaired) electrons. The van der Waals surface area contributed by atoms with Gasteiger partial charge < -0.3 is 10.1 Å². The predicted molar refractivity (Wildman–Crippen MR) is 124 cm³/mol. The number of benzene rings is 2. The number of para-hydroxylation sites is 1. The number of amides is 1. The lowest BCUT2D eigenvalue weighted by Gasteiger charge is -2.10. The van der Waals surface area contributed by atoms with Gasteiger partial charge in [0.1, 0.15) is 11.6 Å². The summed E-state index contributed by atoms with van der Waals surface area (Å²) < 4.78 is 7.21. The number of anilines is 1. The van der Waals surface area contributed by atoms with Gasteiger partial charge in [0.05, 0.1) is 17.9 Å². The van der Waals surface area contributed by atoms with Crippen molar-refractivity contribution in [2.45, 2.75) is 30.3 Å². The molecule has 2 aromatic carbocycles. The Bertz CT molecular complexity index is 1380. The fourth-order valence-corrected chi connectivity index (χ4v) is 3.85. The average Bonchev–Trinajstić information content (AvgIpc) is 3.10. The number of aryl methyl sites for hydroxylation is 1. The fourth-order valence-electron chi connectivity index (χ4n) is 3.08. The maximum atomic E-state index is 12.8. The van der Waals surface area contributed by atoms with Crippen LogP contribution in [0, 0.1) is 6.92 Å². The first-order chi connectivity index (χ1) is 15.9. The summed E-state index contributed by atoms with van der Waals surface area (Å²) in [6.45, 7) is 3.60. The lowest BCUT2D eigenvalue weighted by Crippen LogP contribution is -2.29. The first-order valence-corrected chi connectivity index (χ1v) is 11.0. The Hall–Kier alpha value is -3.92. The molecular formula is C23H21N5O4S. The summed E-state index contributed by atoms with van der Waals surface area (Å²) in [6, 6.07) is 17.9. The molecule has 0 atom stereocenters. The van der Waals surface area contributed by atoms with E-state index in [9.17, 15) is 14.4 Å². The van der Waals surface area contributed by atoms with Crippen molar-refractivity contribution in [1.29, 1.82) is 0 Å². The van der Waals surface area contributed by atoms with Gasteiger partial charge in [0, 0.05) is 4.90 Å². The highest BCUT2D eigenvalue weighted by molar-refractivity contribution is 7.99. The molecule has 168 valence electrons. The molecule has 1 amide bonds. The van der Waals surface area contributed by atoms with E-state index < -0.39 is 17.6 Å². The van der Waals surface area contributed by atoms with Crippen molar-refractivity contribution in [1.82, 2.24) is 19.4 Å². The number of aromatic nitrogens is 4. The Morgan fingerprint density at radius 2 is 1.79 bits per heavy atom. The fraction of sp³-hybridized carbons (Fsp3) is 0.174. The molecule has 0 saturated carbocycles. The SMILES string of the molecule is CCOC(=O)c1ccccc1NC(=O)Cn1nc2ccc(Sc3ccc(C)cc3)nn2c1=O. The molecular weight excluding hydrogens is 442 g/mol. The number of rotatable bonds is 7. The quantitative estimate of drug-likeness (QED) is 0.420. The average molecular weight is 464 g/mol. The van der Waals surface area contributed by atoms with E-state index in [0.29, 0.717) is 16.4 Å². The van der Waals surface area contributed by atoms with Gasteiger partial charge in [-0.05, 0) is 50.2 Å². The Balaban J connectivity index is 1.52. The zero-order chi connectivity index (χ0) is 23.4. The van der Waals surface area contributed by atoms with Crippen LogP contribution in [0.3, 0.4) is 0 Å². The lowest BCUT2D eigenvalue weighted by atomic mass is 10.2. The lowest BCUT2D eigenvalue weighted by molar-refractivity contribution is -0.117. The third kappa shape index (κ3) is 5.12. The van der Waals surface area contributed by atoms with Crippen LogP contribution in [0.4, 0.5) is 5.69 Å². The Kier molecular flexibility index (Phi) is 6.55. The first-order valence-electron chi connectivity index (χ1n) is 10.2. The molecule has 0 unspecified atom stereocenters. The van der Waals surface area contributed by atoms with Crippen LogP contribution < -0.4 is 11.0 Å². The van der Waals surface area contributed by atoms with Crippen LogP contribution in [0.1, 0.15) is 22.8 Å². The van der Waals surface area contributed by atoms with Gasteiger partial charge in [-0.1, -0.05) is 41.6 Å². The van der Waals surface area contributed by atoms with Crippen molar-refractivity contribution in [2.24, 2.45) is 0 Å². The smallest absolute Gasteiger partial charge is 0.367 e. The molecule has 2 heterocycles. The highest BCUT2D eigenvalue weighted by Gasteiger charge is 2.16. The number of carbonyl (C=O) groups is 2. The van der Waals surface area contributed by atoms with Crippen LogP contribution in [0.15, 0.2) is 75.4 Å². The van der Waals surface area contributed by atoms with Crippen LogP contribution in [0.2, 0.25) is 0 Å². The molecule has 0 bridgehead atoms. The Morgan fingerprint density at radius 3 is 2.55 bits per heavy atom. The minimum atomic E-state index is -0.541. The van der Waals surface area contributed by atoms with Crippen molar-refractivity contribution >= 4 is 35.0 Å². The number of carbonyl (C=O) groups excluding carboxylic acids is 2. The number of nitrogens with zero attached hydrogens (tertiary/aromatic N) is 4. The van der Waals surface area contributed by atoms with Crippen LogP contribution in [0.25, 0.3) is 5.65 Å². The molecule has 9 nitrogen and oxygen atoms in total. The summed E-state index contributed by atoms with van der Waals surface area (Å²) in [5, 5.41) is 11.8. The highest BCUT2D eigenvalue weighted by Crippen LogP contribution is 2.25. The molecule has 4 rings (SSSR count). The zero-order valence-corrected chi connectivity index (χ0v) is 18.8. The van der Waals surface area contributed by atoms with E-state index >= 15 is 0 Å². The van der Waals surface area contributed by atoms with E-state index in [4.69, 9.17) is 4.74 Å². The molecule has 2 aromatic heterocycles. The second kappa shape index (κ2) is 9.70. The largest absolute Gasteiger partial charge is 0.462 e. The second-order valence-electron chi connectivity index (χ2n) is 7.11. The topological polar surface area (TPSA) is 108 Å². The summed E-state index contributed by atoms with van der Waals surface area (Å²) in [7, 11) is 0. The summed E-state index contributed by atoms with van der Waals surface area (Å²) in [4.78, 5) is 38.4. The van der Waals surface area contributed by atoms with Crippen molar-refractivity contribution in [3.8, 4) is 0 Å². The monoisotopic (exact) mass is 463 g/mol. The van der Waals surface area contributed by atoms with Gasteiger partial charge in [-0.25, -0.2) is 14.3 Å². The summed E-state index contributed by atoms with van der Waals surface area (Å²) in [5.41, 5.74) is 1.48. The van der Waals surface area contributed by atoms with Crippen molar-refractivity contribution < 1.29 is 14.3 Å². The van der Waals surface area contributed by atoms with Crippen LogP contribution in [-0.4, -0.2) is 37.9 Å². The van der Waals surface area contributed by atoms with Gasteiger partial charge in [0.2, 0.25) is 5.91 Å². The van der Waals surface area contributed by atoms with Gasteiger partial charge in [0.25, 0.3) is 0 Å². The summed E-state index contributed by atoms with van der Waals surface area (Å²) >= 11 is 1.42. The molecule has 0 fully saturated rings. The molecule has 33 heavy (non-hydrogen) atoms. The van der Waals surface area contributed by atoms with Crippen molar-refractivity contribution in [3.63, 3.8) is 0 Å². The van der Waals surface area contributed by atoms with Crippen molar-refractivity contribution in [3.05, 3.63) is 82.3 Å². The minimum Gasteiger partial charge on any atom is -0.462 e. The van der Waals surface area contributed by atoms with E-state index in [0.717, 1.165) is 19.7 Å². The second-order valence-corrected chi connectivity index (χ2v) is 8.20. The van der Waals surface area contributed by atoms with Gasteiger partial charge in [-0.15, -0.1) is 5.10 Å². The van der Waals surface area contributed by atoms with Gasteiger partial charge in [-0.2, -0.15) is 9.61 Å². The normalized spacial score (nSPS) is 10.8. The van der Waals surface area contributed by atoms with Gasteiger partial charge in [0.15, 0.2) is 5.65 Å². The van der Waals surface area contributed by atoms with Gasteiger partial charge >= 0.3 is 11.7 Å². The molecule has 0 spiro atoms. The number of ether oxygens (including phenoxy) is 1. The molecule has 0 saturated heterocycles. The molecule has 0 aliphatic carbocycles. The highest BCUT2D eigenvalue weighted by atomic mass is 32.2. The predicted octanol–water partition coefficient (Wildman–Crippen LogP) is 3.17. The maximum absolute atomic E-state index is 12.8. The molecule has 1 N–H and O–H groups in total. The van der Waals surface area contributed by atoms with Crippen LogP contribution in [0.5, 0.6) is 0 Å². The summed E-state index contributed by atoms with van der Waals surface area (Å²) in [6.07, 6.45) is 0. The summed E-state index contributed by atoms with van der Waals surface area (Å²) in [5.74, 6) is -1.05. The zero-order valence-electron chi connectivity index (χ0n) is 18.0. The number of hydrogen-bond acceptors (Lipinski definition) is 7. The number of nitrogens with one attached hydrogen (secondary N) is 1. The van der Waals surface area contributed by atoms with Crippen LogP contribution in [-0.2, 0) is 16.1 Å². The molecule has 4 aromatic rings. The first kappa shape index (κ1) is 22.3. The van der Waals surface area contributed by atoms with Crippen molar-refractivity contribution in [2.75, 3.05) is 11.9 Å².